The van der Waals surface area contributed by atoms with Gasteiger partial charge in [0.1, 0.15) is 4.88 Å². The fourth-order valence-electron chi connectivity index (χ4n) is 0.616. The third-order valence-corrected chi connectivity index (χ3v) is 1.98. The van der Waals surface area contributed by atoms with Crippen molar-refractivity contribution in [2.24, 2.45) is 11.5 Å². The fraction of sp³-hybridized carbons (Fsp3) is 0.143. The van der Waals surface area contributed by atoms with Gasteiger partial charge in [0.05, 0.1) is 5.69 Å². The van der Waals surface area contributed by atoms with E-state index in [9.17, 15) is 4.79 Å². The average molecular weight is 285 g/mol. The van der Waals surface area contributed by atoms with Gasteiger partial charge < -0.3 is 22.3 Å². The number of thiazole rings is 1. The Hall–Kier alpha value is -1.87. The van der Waals surface area contributed by atoms with Crippen LogP contribution in [-0.2, 0) is 9.59 Å². The lowest BCUT2D eigenvalue weighted by atomic mass is 10.4. The van der Waals surface area contributed by atoms with Crippen molar-refractivity contribution in [1.29, 1.82) is 0 Å². The van der Waals surface area contributed by atoms with E-state index in [4.69, 9.17) is 20.4 Å². The number of carboxylic acids is 1. The predicted molar refractivity (Wildman–Crippen MR) is 66.0 cm³/mol. The third kappa shape index (κ3) is 10.4. The van der Waals surface area contributed by atoms with Crippen LogP contribution >= 0.6 is 23.7 Å². The number of carbonyl (C=O) groups is 3. The number of anilines is 1. The monoisotopic (exact) mass is 284 g/mol. The van der Waals surface area contributed by atoms with E-state index in [1.54, 1.807) is 6.92 Å². The number of nitrogens with two attached hydrogens (primary N) is 3. The van der Waals surface area contributed by atoms with Crippen LogP contribution in [0.25, 0.3) is 0 Å². The molecule has 0 aromatic carbocycles. The van der Waals surface area contributed by atoms with E-state index in [-0.39, 0.29) is 30.1 Å². The number of rotatable bonds is 1. The average Bonchev–Trinajstić information content (AvgIpc) is 2.48. The zero-order chi connectivity index (χ0) is 13.1. The molecule has 1 rings (SSSR count). The van der Waals surface area contributed by atoms with Crippen LogP contribution in [0.3, 0.4) is 0 Å². The lowest BCUT2D eigenvalue weighted by Gasteiger charge is -1.84. The van der Waals surface area contributed by atoms with Gasteiger partial charge in [-0.2, -0.15) is 0 Å². The number of nitrogens with zero attached hydrogens (tertiary/aromatic N) is 1. The Labute approximate surface area is 107 Å². The maximum atomic E-state index is 10.3. The number of aromatic carboxylic acids is 1. The fourth-order valence-corrected chi connectivity index (χ4v) is 1.29. The van der Waals surface area contributed by atoms with Crippen molar-refractivity contribution in [3.05, 3.63) is 10.6 Å². The Bertz CT molecular complexity index is 352. The van der Waals surface area contributed by atoms with Crippen LogP contribution < -0.4 is 17.2 Å². The largest absolute Gasteiger partial charge is 0.477 e. The quantitative estimate of drug-likeness (QED) is 0.501. The summed E-state index contributed by atoms with van der Waals surface area (Å²) in [6.07, 6.45) is 0.500. The van der Waals surface area contributed by atoms with E-state index in [0.29, 0.717) is 10.8 Å². The molecule has 2 amide bonds. The van der Waals surface area contributed by atoms with Crippen molar-refractivity contribution in [2.75, 3.05) is 5.73 Å². The van der Waals surface area contributed by atoms with E-state index in [0.717, 1.165) is 11.3 Å². The Morgan fingerprint density at radius 2 is 1.71 bits per heavy atom. The van der Waals surface area contributed by atoms with E-state index >= 15 is 0 Å². The van der Waals surface area contributed by atoms with Gasteiger partial charge in [-0.15, -0.1) is 12.4 Å². The SMILES string of the molecule is Cc1nc(N)sc1C(=O)O.Cl.NC=O.NC=O. The zero-order valence-corrected chi connectivity index (χ0v) is 10.5. The molecule has 0 aliphatic rings. The molecular formula is C7H13ClN4O4S. The number of halogens is 1. The van der Waals surface area contributed by atoms with Crippen LogP contribution in [0, 0.1) is 6.92 Å². The minimum atomic E-state index is -0.966. The molecule has 7 N–H and O–H groups in total. The lowest BCUT2D eigenvalue weighted by molar-refractivity contribution is -0.107. The van der Waals surface area contributed by atoms with Crippen LogP contribution in [0.5, 0.6) is 0 Å². The van der Waals surface area contributed by atoms with E-state index in [2.05, 4.69) is 16.5 Å². The maximum Gasteiger partial charge on any atom is 0.347 e. The summed E-state index contributed by atoms with van der Waals surface area (Å²) in [6.45, 7) is 1.62. The summed E-state index contributed by atoms with van der Waals surface area (Å²) in [5.74, 6) is -0.966. The van der Waals surface area contributed by atoms with Crippen LogP contribution in [0.1, 0.15) is 15.4 Å². The number of primary amides is 2. The first-order valence-electron chi connectivity index (χ1n) is 3.71. The van der Waals surface area contributed by atoms with E-state index < -0.39 is 5.97 Å². The number of aryl methyl sites for hydroxylation is 1. The van der Waals surface area contributed by atoms with Crippen LogP contribution in [-0.4, -0.2) is 28.9 Å². The van der Waals surface area contributed by atoms with Gasteiger partial charge in [0, 0.05) is 0 Å². The minimum absolute atomic E-state index is 0. The molecular weight excluding hydrogens is 272 g/mol. The van der Waals surface area contributed by atoms with Gasteiger partial charge in [-0.1, -0.05) is 11.3 Å². The number of nitrogen functional groups attached to an aromatic ring is 1. The number of amides is 2. The highest BCUT2D eigenvalue weighted by atomic mass is 35.5. The molecule has 0 aliphatic carbocycles. The molecule has 0 saturated carbocycles. The molecule has 0 bridgehead atoms. The Morgan fingerprint density at radius 1 is 1.35 bits per heavy atom. The van der Waals surface area contributed by atoms with Crippen LogP contribution in [0.15, 0.2) is 0 Å². The first-order chi connectivity index (χ1) is 7.44. The summed E-state index contributed by atoms with van der Waals surface area (Å²) >= 11 is 0.990. The van der Waals surface area contributed by atoms with Gasteiger partial charge >= 0.3 is 5.97 Å². The van der Waals surface area contributed by atoms with E-state index in [1.165, 1.54) is 0 Å². The lowest BCUT2D eigenvalue weighted by Crippen LogP contribution is -1.94. The highest BCUT2D eigenvalue weighted by molar-refractivity contribution is 7.17. The highest BCUT2D eigenvalue weighted by Gasteiger charge is 2.11. The van der Waals surface area contributed by atoms with Crippen molar-refractivity contribution in [2.45, 2.75) is 6.92 Å². The van der Waals surface area contributed by atoms with Crippen molar-refractivity contribution in [1.82, 2.24) is 4.98 Å². The topological polar surface area (TPSA) is 162 Å². The molecule has 0 unspecified atom stereocenters. The number of carboxylic acid groups (broad SMARTS) is 1. The summed E-state index contributed by atoms with van der Waals surface area (Å²) in [4.78, 5) is 31.5. The molecule has 0 saturated heterocycles. The smallest absolute Gasteiger partial charge is 0.347 e. The molecule has 0 aliphatic heterocycles. The Balaban J connectivity index is -0.000000240. The molecule has 0 radical (unpaired) electrons. The summed E-state index contributed by atoms with van der Waals surface area (Å²) in [7, 11) is 0. The Morgan fingerprint density at radius 3 is 1.82 bits per heavy atom. The number of aromatic nitrogens is 1. The predicted octanol–water partition coefficient (Wildman–Crippen LogP) is -0.643. The number of carbonyl (C=O) groups excluding carboxylic acids is 2. The molecule has 0 fully saturated rings. The highest BCUT2D eigenvalue weighted by Crippen LogP contribution is 2.18. The molecule has 1 aromatic heterocycles. The first kappa shape index (κ1) is 20.5. The van der Waals surface area contributed by atoms with Gasteiger partial charge in [0.15, 0.2) is 5.13 Å². The van der Waals surface area contributed by atoms with Gasteiger partial charge in [0.25, 0.3) is 0 Å². The molecule has 0 spiro atoms. The van der Waals surface area contributed by atoms with Gasteiger partial charge in [-0.05, 0) is 6.92 Å². The van der Waals surface area contributed by atoms with Gasteiger partial charge in [-0.3, -0.25) is 9.59 Å². The number of hydrogen-bond acceptors (Lipinski definition) is 6. The second-order valence-electron chi connectivity index (χ2n) is 2.04. The summed E-state index contributed by atoms with van der Waals surface area (Å²) in [6, 6.07) is 0. The molecule has 8 nitrogen and oxygen atoms in total. The van der Waals surface area contributed by atoms with Crippen LogP contribution in [0.4, 0.5) is 5.13 Å². The standard InChI is InChI=1S/C5H6N2O2S.2CH3NO.ClH/c1-2-3(4(8)9)10-5(6)7-2;2*2-1-3;/h1H3,(H2,6,7)(H,8,9);2*1H,(H2,2,3);1H. The summed E-state index contributed by atoms with van der Waals surface area (Å²) < 4.78 is 0. The third-order valence-electron chi connectivity index (χ3n) is 1.01. The molecule has 10 heteroatoms. The molecule has 1 heterocycles. The van der Waals surface area contributed by atoms with Crippen LogP contribution in [0.2, 0.25) is 0 Å². The first-order valence-corrected chi connectivity index (χ1v) is 4.53. The summed E-state index contributed by atoms with van der Waals surface area (Å²) in [5.41, 5.74) is 14.1. The van der Waals surface area contributed by atoms with E-state index in [1.807, 2.05) is 0 Å². The van der Waals surface area contributed by atoms with Gasteiger partial charge in [0.2, 0.25) is 12.8 Å². The zero-order valence-electron chi connectivity index (χ0n) is 8.82. The second kappa shape index (κ2) is 12.2. The minimum Gasteiger partial charge on any atom is -0.477 e. The van der Waals surface area contributed by atoms with Crippen molar-refractivity contribution >= 4 is 47.7 Å². The molecule has 0 atom stereocenters. The summed E-state index contributed by atoms with van der Waals surface area (Å²) in [5, 5.41) is 8.79. The molecule has 1 aromatic rings. The molecule has 98 valence electrons. The van der Waals surface area contributed by atoms with Crippen molar-refractivity contribution in [3.63, 3.8) is 0 Å². The maximum absolute atomic E-state index is 10.3. The van der Waals surface area contributed by atoms with Crippen molar-refractivity contribution < 1.29 is 19.5 Å². The van der Waals surface area contributed by atoms with Crippen molar-refractivity contribution in [3.8, 4) is 0 Å². The molecule has 17 heavy (non-hydrogen) atoms. The number of hydrogen-bond donors (Lipinski definition) is 4. The van der Waals surface area contributed by atoms with Gasteiger partial charge in [-0.25, -0.2) is 9.78 Å². The normalized spacial score (nSPS) is 7.12. The Kier molecular flexibility index (Phi) is 14.7. The second-order valence-corrected chi connectivity index (χ2v) is 3.07.